The molecule has 13 heavy (non-hydrogen) atoms. The van der Waals surface area contributed by atoms with Gasteiger partial charge in [0.15, 0.2) is 0 Å². The Morgan fingerprint density at radius 2 is 2.23 bits per heavy atom. The van der Waals surface area contributed by atoms with Crippen LogP contribution in [-0.4, -0.2) is 36.6 Å². The Bertz CT molecular complexity index is 187. The van der Waals surface area contributed by atoms with Gasteiger partial charge in [-0.15, -0.1) is 0 Å². The van der Waals surface area contributed by atoms with E-state index in [-0.39, 0.29) is 0 Å². The van der Waals surface area contributed by atoms with Crippen LogP contribution in [0.3, 0.4) is 0 Å². The number of piperidine rings is 1. The van der Waals surface area contributed by atoms with Crippen molar-refractivity contribution in [2.75, 3.05) is 19.6 Å². The summed E-state index contributed by atoms with van der Waals surface area (Å²) in [6.07, 6.45) is 7.28. The number of hydrogen-bond acceptors (Lipinski definition) is 2. The number of nitrogens with zero attached hydrogens (tertiary/aromatic N) is 1. The molecule has 0 aromatic carbocycles. The van der Waals surface area contributed by atoms with Crippen LogP contribution in [0.25, 0.3) is 0 Å². The lowest BCUT2D eigenvalue weighted by atomic mass is 10.1. The molecule has 3 unspecified atom stereocenters. The van der Waals surface area contributed by atoms with Crippen molar-refractivity contribution in [1.82, 2.24) is 10.2 Å². The van der Waals surface area contributed by atoms with E-state index >= 15 is 0 Å². The smallest absolute Gasteiger partial charge is 0.0195 e. The van der Waals surface area contributed by atoms with Crippen molar-refractivity contribution in [1.29, 1.82) is 0 Å². The highest BCUT2D eigenvalue weighted by atomic mass is 15.2. The van der Waals surface area contributed by atoms with Crippen LogP contribution < -0.4 is 5.32 Å². The van der Waals surface area contributed by atoms with E-state index in [1.165, 1.54) is 51.7 Å². The Hall–Kier alpha value is -0.0800. The summed E-state index contributed by atoms with van der Waals surface area (Å²) in [4.78, 5) is 2.75. The van der Waals surface area contributed by atoms with Gasteiger partial charge in [0.25, 0.3) is 0 Å². The molecule has 0 bridgehead atoms. The first-order chi connectivity index (χ1) is 6.43. The highest BCUT2D eigenvalue weighted by molar-refractivity contribution is 4.99. The summed E-state index contributed by atoms with van der Waals surface area (Å²) in [7, 11) is 0. The summed E-state index contributed by atoms with van der Waals surface area (Å²) >= 11 is 0. The first kappa shape index (κ1) is 8.25. The van der Waals surface area contributed by atoms with Gasteiger partial charge in [0.2, 0.25) is 0 Å². The third kappa shape index (κ3) is 1.62. The van der Waals surface area contributed by atoms with E-state index < -0.39 is 0 Å². The van der Waals surface area contributed by atoms with Crippen LogP contribution in [0.5, 0.6) is 0 Å². The van der Waals surface area contributed by atoms with Gasteiger partial charge < -0.3 is 5.32 Å². The summed E-state index contributed by atoms with van der Waals surface area (Å²) in [5.41, 5.74) is 0. The molecule has 2 aliphatic heterocycles. The van der Waals surface area contributed by atoms with Crippen LogP contribution >= 0.6 is 0 Å². The molecule has 0 aromatic rings. The Kier molecular flexibility index (Phi) is 2.06. The molecule has 2 heterocycles. The van der Waals surface area contributed by atoms with E-state index in [9.17, 15) is 0 Å². The number of rotatable bonds is 2. The minimum atomic E-state index is 0.819. The summed E-state index contributed by atoms with van der Waals surface area (Å²) in [6, 6.07) is 1.82. The zero-order valence-electron chi connectivity index (χ0n) is 8.34. The predicted molar refractivity (Wildman–Crippen MR) is 53.7 cm³/mol. The van der Waals surface area contributed by atoms with Crippen molar-refractivity contribution < 1.29 is 0 Å². The second kappa shape index (κ2) is 3.25. The van der Waals surface area contributed by atoms with Gasteiger partial charge in [-0.25, -0.2) is 0 Å². The van der Waals surface area contributed by atoms with Crippen LogP contribution in [0.4, 0.5) is 0 Å². The largest absolute Gasteiger partial charge is 0.313 e. The first-order valence-electron chi connectivity index (χ1n) is 5.91. The highest BCUT2D eigenvalue weighted by Crippen LogP contribution is 2.43. The number of nitrogens with one attached hydrogen (secondary N) is 1. The molecule has 2 heteroatoms. The molecule has 3 atom stereocenters. The molecule has 74 valence electrons. The average molecular weight is 180 g/mol. The highest BCUT2D eigenvalue weighted by Gasteiger charge is 2.44. The monoisotopic (exact) mass is 180 g/mol. The Labute approximate surface area is 80.7 Å². The normalized spacial score (nSPS) is 44.8. The van der Waals surface area contributed by atoms with Gasteiger partial charge in [0.05, 0.1) is 0 Å². The average Bonchev–Trinajstić information content (AvgIpc) is 2.77. The van der Waals surface area contributed by atoms with Crippen LogP contribution in [-0.2, 0) is 0 Å². The SMILES string of the molecule is C1CNC(CN2CCCC3CC32)C1. The minimum Gasteiger partial charge on any atom is -0.313 e. The van der Waals surface area contributed by atoms with E-state index in [2.05, 4.69) is 10.2 Å². The van der Waals surface area contributed by atoms with Crippen molar-refractivity contribution in [2.24, 2.45) is 5.92 Å². The fourth-order valence-corrected chi connectivity index (χ4v) is 3.13. The molecule has 1 N–H and O–H groups in total. The topological polar surface area (TPSA) is 15.3 Å². The second-order valence-corrected chi connectivity index (χ2v) is 4.99. The maximum absolute atomic E-state index is 3.60. The summed E-state index contributed by atoms with van der Waals surface area (Å²) in [5.74, 6) is 1.09. The second-order valence-electron chi connectivity index (χ2n) is 4.99. The number of likely N-dealkylation sites (tertiary alicyclic amines) is 1. The van der Waals surface area contributed by atoms with Crippen LogP contribution in [0.1, 0.15) is 32.1 Å². The lowest BCUT2D eigenvalue weighted by Gasteiger charge is -2.29. The van der Waals surface area contributed by atoms with Gasteiger partial charge in [-0.1, -0.05) is 0 Å². The molecule has 2 nitrogen and oxygen atoms in total. The summed E-state index contributed by atoms with van der Waals surface area (Å²) < 4.78 is 0. The molecule has 0 radical (unpaired) electrons. The summed E-state index contributed by atoms with van der Waals surface area (Å²) in [6.45, 7) is 3.97. The molecular weight excluding hydrogens is 160 g/mol. The zero-order valence-corrected chi connectivity index (χ0v) is 8.34. The Balaban J connectivity index is 1.53. The minimum absolute atomic E-state index is 0.819. The maximum atomic E-state index is 3.60. The lowest BCUT2D eigenvalue weighted by Crippen LogP contribution is -2.41. The van der Waals surface area contributed by atoms with Crippen molar-refractivity contribution in [2.45, 2.75) is 44.2 Å². The summed E-state index contributed by atoms with van der Waals surface area (Å²) in [5, 5.41) is 3.60. The number of hydrogen-bond donors (Lipinski definition) is 1. The predicted octanol–water partition coefficient (Wildman–Crippen LogP) is 1.22. The Morgan fingerprint density at radius 3 is 3.08 bits per heavy atom. The van der Waals surface area contributed by atoms with Gasteiger partial charge in [-0.3, -0.25) is 4.90 Å². The van der Waals surface area contributed by atoms with Crippen LogP contribution in [0.2, 0.25) is 0 Å². The van der Waals surface area contributed by atoms with Crippen LogP contribution in [0, 0.1) is 5.92 Å². The molecule has 1 saturated carbocycles. The fourth-order valence-electron chi connectivity index (χ4n) is 3.13. The van der Waals surface area contributed by atoms with Gasteiger partial charge in [-0.2, -0.15) is 0 Å². The fraction of sp³-hybridized carbons (Fsp3) is 1.00. The quantitative estimate of drug-likeness (QED) is 0.687. The Morgan fingerprint density at radius 1 is 1.23 bits per heavy atom. The first-order valence-corrected chi connectivity index (χ1v) is 5.91. The van der Waals surface area contributed by atoms with Gasteiger partial charge >= 0.3 is 0 Å². The van der Waals surface area contributed by atoms with Crippen molar-refractivity contribution >= 4 is 0 Å². The molecule has 0 aromatic heterocycles. The van der Waals surface area contributed by atoms with E-state index in [1.807, 2.05) is 0 Å². The molecular formula is C11H20N2. The molecule has 1 aliphatic carbocycles. The standard InChI is InChI=1S/C11H20N2/c1-4-10(12-5-1)8-13-6-2-3-9-7-11(9)13/h9-12H,1-8H2. The number of fused-ring (bicyclic) bond motifs is 1. The van der Waals surface area contributed by atoms with E-state index in [1.54, 1.807) is 0 Å². The van der Waals surface area contributed by atoms with Gasteiger partial charge in [0.1, 0.15) is 0 Å². The van der Waals surface area contributed by atoms with Gasteiger partial charge in [-0.05, 0) is 51.1 Å². The van der Waals surface area contributed by atoms with Crippen LogP contribution in [0.15, 0.2) is 0 Å². The zero-order chi connectivity index (χ0) is 8.67. The lowest BCUT2D eigenvalue weighted by molar-refractivity contribution is 0.198. The third-order valence-corrected chi connectivity index (χ3v) is 3.99. The molecule has 3 rings (SSSR count). The molecule has 3 aliphatic rings. The third-order valence-electron chi connectivity index (χ3n) is 3.99. The molecule has 0 amide bonds. The maximum Gasteiger partial charge on any atom is 0.0195 e. The van der Waals surface area contributed by atoms with E-state index in [0.29, 0.717) is 0 Å². The molecule has 2 saturated heterocycles. The van der Waals surface area contributed by atoms with Crippen molar-refractivity contribution in [3.63, 3.8) is 0 Å². The van der Waals surface area contributed by atoms with Crippen molar-refractivity contribution in [3.05, 3.63) is 0 Å². The molecule has 3 fully saturated rings. The van der Waals surface area contributed by atoms with Crippen molar-refractivity contribution in [3.8, 4) is 0 Å². The van der Waals surface area contributed by atoms with E-state index in [4.69, 9.17) is 0 Å². The molecule has 0 spiro atoms. The van der Waals surface area contributed by atoms with Gasteiger partial charge in [0, 0.05) is 18.6 Å². The van der Waals surface area contributed by atoms with E-state index in [0.717, 1.165) is 18.0 Å².